The third-order valence-corrected chi connectivity index (χ3v) is 7.11. The molecule has 0 unspecified atom stereocenters. The van der Waals surface area contributed by atoms with Gasteiger partial charge in [0, 0.05) is 26.2 Å². The van der Waals surface area contributed by atoms with Crippen LogP contribution in [0.1, 0.15) is 31.7 Å². The summed E-state index contributed by atoms with van der Waals surface area (Å²) in [7, 11) is -3.55. The van der Waals surface area contributed by atoms with E-state index in [1.807, 2.05) is 0 Å². The summed E-state index contributed by atoms with van der Waals surface area (Å²) >= 11 is 0. The van der Waals surface area contributed by atoms with E-state index in [2.05, 4.69) is 10.0 Å². The van der Waals surface area contributed by atoms with Gasteiger partial charge in [0.25, 0.3) is 0 Å². The van der Waals surface area contributed by atoms with Gasteiger partial charge in [-0.25, -0.2) is 17.9 Å². The summed E-state index contributed by atoms with van der Waals surface area (Å²) in [5.41, 5.74) is -0.147. The van der Waals surface area contributed by atoms with E-state index < -0.39 is 21.4 Å². The Hall–Kier alpha value is -2.13. The molecule has 1 saturated carbocycles. The van der Waals surface area contributed by atoms with Crippen molar-refractivity contribution in [1.82, 2.24) is 14.9 Å². The van der Waals surface area contributed by atoms with Gasteiger partial charge in [-0.1, -0.05) is 25.5 Å². The van der Waals surface area contributed by atoms with Crippen molar-refractivity contribution < 1.29 is 23.1 Å². The maximum atomic E-state index is 12.5. The summed E-state index contributed by atoms with van der Waals surface area (Å²) in [6.45, 7) is 2.86. The number of amides is 2. The second-order valence-corrected chi connectivity index (χ2v) is 9.01. The van der Waals surface area contributed by atoms with Crippen LogP contribution in [-0.2, 0) is 21.4 Å². The van der Waals surface area contributed by atoms with Crippen LogP contribution in [0.15, 0.2) is 29.2 Å². The van der Waals surface area contributed by atoms with E-state index in [0.29, 0.717) is 25.1 Å². The molecule has 3 rings (SSSR count). The molecule has 0 spiro atoms. The molecule has 1 aliphatic heterocycles. The topological polar surface area (TPSA) is 116 Å². The van der Waals surface area contributed by atoms with Crippen molar-refractivity contribution in [3.63, 3.8) is 0 Å². The molecule has 148 valence electrons. The van der Waals surface area contributed by atoms with E-state index in [1.54, 1.807) is 24.0 Å². The molecule has 1 saturated heterocycles. The van der Waals surface area contributed by atoms with Crippen LogP contribution < -0.4 is 10.0 Å². The van der Waals surface area contributed by atoms with Crippen LogP contribution in [0.2, 0.25) is 0 Å². The van der Waals surface area contributed by atoms with Gasteiger partial charge in [-0.05, 0) is 36.5 Å². The number of hydrogen-bond acceptors (Lipinski definition) is 4. The number of urea groups is 1. The molecule has 2 amide bonds. The van der Waals surface area contributed by atoms with Crippen LogP contribution in [-0.4, -0.2) is 50.1 Å². The Labute approximate surface area is 159 Å². The van der Waals surface area contributed by atoms with Crippen LogP contribution >= 0.6 is 0 Å². The maximum Gasteiger partial charge on any atom is 0.317 e. The largest absolute Gasteiger partial charge is 0.481 e. The van der Waals surface area contributed by atoms with Crippen molar-refractivity contribution in [3.05, 3.63) is 29.8 Å². The van der Waals surface area contributed by atoms with Gasteiger partial charge < -0.3 is 15.3 Å². The van der Waals surface area contributed by atoms with Gasteiger partial charge in [-0.3, -0.25) is 4.79 Å². The lowest BCUT2D eigenvalue weighted by Gasteiger charge is -2.23. The van der Waals surface area contributed by atoms with E-state index in [0.717, 1.165) is 12.8 Å². The van der Waals surface area contributed by atoms with Crippen molar-refractivity contribution in [1.29, 1.82) is 0 Å². The second kappa shape index (κ2) is 7.47. The molecule has 0 aromatic heterocycles. The smallest absolute Gasteiger partial charge is 0.317 e. The summed E-state index contributed by atoms with van der Waals surface area (Å²) in [5, 5.41) is 12.4. The first-order valence-corrected chi connectivity index (χ1v) is 10.6. The van der Waals surface area contributed by atoms with Gasteiger partial charge in [-0.15, -0.1) is 0 Å². The average Bonchev–Trinajstić information content (AvgIpc) is 3.18. The molecule has 9 heteroatoms. The van der Waals surface area contributed by atoms with Crippen molar-refractivity contribution in [2.45, 2.75) is 37.6 Å². The first-order chi connectivity index (χ1) is 12.8. The minimum atomic E-state index is -3.55. The summed E-state index contributed by atoms with van der Waals surface area (Å²) in [4.78, 5) is 25.9. The number of carbonyl (C=O) groups is 2. The summed E-state index contributed by atoms with van der Waals surface area (Å²) in [6, 6.07) is 6.08. The number of rotatable bonds is 6. The lowest BCUT2D eigenvalue weighted by molar-refractivity contribution is -0.149. The summed E-state index contributed by atoms with van der Waals surface area (Å²) in [5.74, 6) is -0.809. The van der Waals surface area contributed by atoms with E-state index in [4.69, 9.17) is 0 Å². The molecule has 0 radical (unpaired) electrons. The van der Waals surface area contributed by atoms with E-state index in [-0.39, 0.29) is 29.9 Å². The number of nitrogens with one attached hydrogen (secondary N) is 2. The quantitative estimate of drug-likeness (QED) is 0.673. The SMILES string of the molecule is CCNS(=O)(=O)c1cccc(CNC(=O)N2C[C@@H]3CCC[C@@]3(C(=O)O)C2)c1. The first kappa shape index (κ1) is 19.6. The maximum absolute atomic E-state index is 12.5. The van der Waals surface area contributed by atoms with Crippen LogP contribution in [0.5, 0.6) is 0 Å². The Morgan fingerprint density at radius 2 is 2.15 bits per heavy atom. The lowest BCUT2D eigenvalue weighted by Crippen LogP contribution is -2.41. The molecule has 2 aliphatic rings. The standard InChI is InChI=1S/C18H25N3O5S/c1-2-20-27(25,26)15-7-3-5-13(9-15)10-19-17(24)21-11-14-6-4-8-18(14,12-21)16(22)23/h3,5,7,9,14,20H,2,4,6,8,10-12H2,1H3,(H,19,24)(H,22,23)/t14-,18+/m0/s1. The monoisotopic (exact) mass is 395 g/mol. The zero-order valence-electron chi connectivity index (χ0n) is 15.3. The molecule has 8 nitrogen and oxygen atoms in total. The molecule has 27 heavy (non-hydrogen) atoms. The second-order valence-electron chi connectivity index (χ2n) is 7.24. The first-order valence-electron chi connectivity index (χ1n) is 9.13. The number of fused-ring (bicyclic) bond motifs is 1. The molecule has 1 aromatic carbocycles. The van der Waals surface area contributed by atoms with Crippen molar-refractivity contribution in [2.75, 3.05) is 19.6 Å². The fourth-order valence-electron chi connectivity index (χ4n) is 4.18. The van der Waals surface area contributed by atoms with Crippen molar-refractivity contribution >= 4 is 22.0 Å². The third-order valence-electron chi connectivity index (χ3n) is 5.57. The van der Waals surface area contributed by atoms with E-state index in [9.17, 15) is 23.1 Å². The number of likely N-dealkylation sites (tertiary alicyclic amines) is 1. The van der Waals surface area contributed by atoms with Crippen LogP contribution in [0.4, 0.5) is 4.79 Å². The highest BCUT2D eigenvalue weighted by atomic mass is 32.2. The number of aliphatic carboxylic acids is 1. The number of hydrogen-bond donors (Lipinski definition) is 3. The fraction of sp³-hybridized carbons (Fsp3) is 0.556. The van der Waals surface area contributed by atoms with Crippen molar-refractivity contribution in [3.8, 4) is 0 Å². The fourth-order valence-corrected chi connectivity index (χ4v) is 5.29. The van der Waals surface area contributed by atoms with E-state index >= 15 is 0 Å². The van der Waals surface area contributed by atoms with Crippen LogP contribution in [0, 0.1) is 11.3 Å². The number of benzene rings is 1. The normalized spacial score (nSPS) is 24.6. The number of nitrogens with zero attached hydrogens (tertiary/aromatic N) is 1. The number of sulfonamides is 1. The predicted molar refractivity (Wildman–Crippen MR) is 98.5 cm³/mol. The minimum absolute atomic E-state index is 0.00865. The average molecular weight is 395 g/mol. The molecule has 2 atom stereocenters. The molecule has 3 N–H and O–H groups in total. The molecule has 2 fully saturated rings. The van der Waals surface area contributed by atoms with Crippen LogP contribution in [0.3, 0.4) is 0 Å². The Balaban J connectivity index is 1.63. The lowest BCUT2D eigenvalue weighted by atomic mass is 9.81. The van der Waals surface area contributed by atoms with Gasteiger partial charge >= 0.3 is 12.0 Å². The summed E-state index contributed by atoms with van der Waals surface area (Å²) < 4.78 is 26.6. The minimum Gasteiger partial charge on any atom is -0.481 e. The molecular formula is C18H25N3O5S. The zero-order chi connectivity index (χ0) is 19.7. The molecular weight excluding hydrogens is 370 g/mol. The Kier molecular flexibility index (Phi) is 5.43. The Bertz CT molecular complexity index is 841. The number of carboxylic acids is 1. The highest BCUT2D eigenvalue weighted by Crippen LogP contribution is 2.48. The highest BCUT2D eigenvalue weighted by Gasteiger charge is 2.55. The Morgan fingerprint density at radius 1 is 1.37 bits per heavy atom. The van der Waals surface area contributed by atoms with Gasteiger partial charge in [0.15, 0.2) is 0 Å². The van der Waals surface area contributed by atoms with Gasteiger partial charge in [-0.2, -0.15) is 0 Å². The van der Waals surface area contributed by atoms with Crippen molar-refractivity contribution in [2.24, 2.45) is 11.3 Å². The highest BCUT2D eigenvalue weighted by molar-refractivity contribution is 7.89. The van der Waals surface area contributed by atoms with Crippen LogP contribution in [0.25, 0.3) is 0 Å². The Morgan fingerprint density at radius 3 is 2.81 bits per heavy atom. The summed E-state index contributed by atoms with van der Waals surface area (Å²) in [6.07, 6.45) is 2.33. The van der Waals surface area contributed by atoms with Gasteiger partial charge in [0.05, 0.1) is 10.3 Å². The number of carboxylic acid groups (broad SMARTS) is 1. The molecule has 0 bridgehead atoms. The van der Waals surface area contributed by atoms with Gasteiger partial charge in [0.1, 0.15) is 0 Å². The zero-order valence-corrected chi connectivity index (χ0v) is 16.1. The molecule has 1 aliphatic carbocycles. The van der Waals surface area contributed by atoms with E-state index in [1.165, 1.54) is 12.1 Å². The molecule has 1 heterocycles. The van der Waals surface area contributed by atoms with Gasteiger partial charge in [0.2, 0.25) is 10.0 Å². The number of carbonyl (C=O) groups excluding carboxylic acids is 1. The molecule has 1 aromatic rings. The predicted octanol–water partition coefficient (Wildman–Crippen LogP) is 1.38. The third kappa shape index (κ3) is 3.79.